The summed E-state index contributed by atoms with van der Waals surface area (Å²) in [6, 6.07) is 2.86. The fourth-order valence-corrected chi connectivity index (χ4v) is 2.28. The number of carbonyl (C=O) groups is 2. The molecule has 0 aliphatic carbocycles. The van der Waals surface area contributed by atoms with Gasteiger partial charge in [0.2, 0.25) is 0 Å². The molecule has 0 aliphatic heterocycles. The maximum absolute atomic E-state index is 12.0. The van der Waals surface area contributed by atoms with Gasteiger partial charge in [0.25, 0.3) is 11.8 Å². The second-order valence-electron chi connectivity index (χ2n) is 4.47. The largest absolute Gasteiger partial charge is 0.492 e. The Bertz CT molecular complexity index is 522. The standard InChI is InChI=1S/C14H22N4O4S2/c1-23-5-3-21-11-7-10(14(20)18-16)12(22-4-6-24-2)8-9(11)13(19)17-15/h7-8H,3-6,15-16H2,1-2H3,(H,17,19)(H,18,20). The van der Waals surface area contributed by atoms with Crippen LogP contribution in [0.15, 0.2) is 12.1 Å². The Morgan fingerprint density at radius 2 is 1.29 bits per heavy atom. The first kappa shape index (κ1) is 20.4. The predicted molar refractivity (Wildman–Crippen MR) is 97.5 cm³/mol. The average Bonchev–Trinajstić information content (AvgIpc) is 2.61. The van der Waals surface area contributed by atoms with Crippen LogP contribution in [0.1, 0.15) is 20.7 Å². The van der Waals surface area contributed by atoms with E-state index in [-0.39, 0.29) is 22.6 Å². The molecule has 0 unspecified atom stereocenters. The summed E-state index contributed by atoms with van der Waals surface area (Å²) in [5.74, 6) is 11.3. The molecule has 0 radical (unpaired) electrons. The third-order valence-electron chi connectivity index (χ3n) is 2.92. The molecule has 0 fully saturated rings. The third kappa shape index (κ3) is 5.78. The van der Waals surface area contributed by atoms with Gasteiger partial charge in [-0.15, -0.1) is 0 Å². The van der Waals surface area contributed by atoms with Gasteiger partial charge in [0.15, 0.2) is 0 Å². The zero-order valence-electron chi connectivity index (χ0n) is 13.6. The van der Waals surface area contributed by atoms with Crippen molar-refractivity contribution in [3.8, 4) is 11.5 Å². The smallest absolute Gasteiger partial charge is 0.269 e. The third-order valence-corrected chi connectivity index (χ3v) is 4.07. The lowest BCUT2D eigenvalue weighted by molar-refractivity contribution is 0.0935. The van der Waals surface area contributed by atoms with Crippen molar-refractivity contribution in [3.05, 3.63) is 23.3 Å². The molecule has 8 nitrogen and oxygen atoms in total. The molecule has 0 atom stereocenters. The number of hydrogen-bond donors (Lipinski definition) is 4. The van der Waals surface area contributed by atoms with Gasteiger partial charge >= 0.3 is 0 Å². The van der Waals surface area contributed by atoms with Gasteiger partial charge in [-0.3, -0.25) is 20.4 Å². The number of carbonyl (C=O) groups excluding carboxylic acids is 2. The summed E-state index contributed by atoms with van der Waals surface area (Å²) >= 11 is 3.19. The molecule has 0 heterocycles. The average molecular weight is 374 g/mol. The van der Waals surface area contributed by atoms with Crippen LogP contribution in [0, 0.1) is 0 Å². The van der Waals surface area contributed by atoms with Crippen LogP contribution in [-0.4, -0.2) is 49.0 Å². The normalized spacial score (nSPS) is 10.2. The molecule has 1 rings (SSSR count). The van der Waals surface area contributed by atoms with Crippen LogP contribution in [0.2, 0.25) is 0 Å². The van der Waals surface area contributed by atoms with Crippen molar-refractivity contribution in [1.29, 1.82) is 0 Å². The van der Waals surface area contributed by atoms with Gasteiger partial charge in [0, 0.05) is 11.5 Å². The van der Waals surface area contributed by atoms with Crippen molar-refractivity contribution in [1.82, 2.24) is 10.9 Å². The summed E-state index contributed by atoms with van der Waals surface area (Å²) in [4.78, 5) is 24.0. The number of rotatable bonds is 10. The van der Waals surface area contributed by atoms with E-state index in [0.29, 0.717) is 13.2 Å². The minimum absolute atomic E-state index is 0.186. The molecule has 10 heteroatoms. The van der Waals surface area contributed by atoms with Crippen LogP contribution in [0.25, 0.3) is 0 Å². The molecule has 0 aromatic heterocycles. The van der Waals surface area contributed by atoms with Gasteiger partial charge in [0.05, 0.1) is 24.3 Å². The summed E-state index contributed by atoms with van der Waals surface area (Å²) in [6.07, 6.45) is 3.87. The molecule has 0 saturated heterocycles. The number of hydrazine groups is 2. The maximum atomic E-state index is 12.0. The summed E-state index contributed by atoms with van der Waals surface area (Å²) < 4.78 is 11.2. The van der Waals surface area contributed by atoms with Crippen LogP contribution < -0.4 is 32.0 Å². The van der Waals surface area contributed by atoms with Crippen LogP contribution in [0.5, 0.6) is 11.5 Å². The number of hydrogen-bond acceptors (Lipinski definition) is 8. The number of benzene rings is 1. The number of ether oxygens (including phenoxy) is 2. The van der Waals surface area contributed by atoms with Crippen molar-refractivity contribution < 1.29 is 19.1 Å². The molecule has 0 saturated carbocycles. The molecule has 24 heavy (non-hydrogen) atoms. The SMILES string of the molecule is CSCCOc1cc(C(=O)NN)c(OCCSC)cc1C(=O)NN. The minimum Gasteiger partial charge on any atom is -0.492 e. The number of nitrogen functional groups attached to an aromatic ring is 2. The highest BCUT2D eigenvalue weighted by molar-refractivity contribution is 7.98. The molecule has 0 aliphatic rings. The highest BCUT2D eigenvalue weighted by Crippen LogP contribution is 2.29. The summed E-state index contributed by atoms with van der Waals surface area (Å²) in [5, 5.41) is 0. The number of amides is 2. The molecule has 2 amide bonds. The Kier molecular flexibility index (Phi) is 9.38. The topological polar surface area (TPSA) is 129 Å². The molecule has 134 valence electrons. The van der Waals surface area contributed by atoms with Crippen molar-refractivity contribution in [2.75, 3.05) is 37.2 Å². The Balaban J connectivity index is 3.24. The van der Waals surface area contributed by atoms with Crippen molar-refractivity contribution in [2.45, 2.75) is 0 Å². The van der Waals surface area contributed by atoms with E-state index in [0.717, 1.165) is 11.5 Å². The van der Waals surface area contributed by atoms with Gasteiger partial charge in [-0.1, -0.05) is 0 Å². The van der Waals surface area contributed by atoms with E-state index >= 15 is 0 Å². The number of nitrogens with one attached hydrogen (secondary N) is 2. The van der Waals surface area contributed by atoms with E-state index in [4.69, 9.17) is 21.2 Å². The first-order chi connectivity index (χ1) is 11.6. The van der Waals surface area contributed by atoms with E-state index < -0.39 is 11.8 Å². The monoisotopic (exact) mass is 374 g/mol. The predicted octanol–water partition coefficient (Wildman–Crippen LogP) is 0.377. The molecular weight excluding hydrogens is 352 g/mol. The summed E-state index contributed by atoms with van der Waals surface area (Å²) in [7, 11) is 0. The van der Waals surface area contributed by atoms with Crippen LogP contribution in [-0.2, 0) is 0 Å². The number of nitrogens with two attached hydrogens (primary N) is 2. The fraction of sp³-hybridized carbons (Fsp3) is 0.429. The van der Waals surface area contributed by atoms with Gasteiger partial charge in [-0.05, 0) is 24.6 Å². The van der Waals surface area contributed by atoms with Crippen molar-refractivity contribution in [3.63, 3.8) is 0 Å². The number of thioether (sulfide) groups is 2. The van der Waals surface area contributed by atoms with E-state index in [2.05, 4.69) is 10.9 Å². The Morgan fingerprint density at radius 1 is 0.917 bits per heavy atom. The van der Waals surface area contributed by atoms with Crippen molar-refractivity contribution >= 4 is 35.3 Å². The highest BCUT2D eigenvalue weighted by atomic mass is 32.2. The lowest BCUT2D eigenvalue weighted by Gasteiger charge is -2.16. The zero-order valence-corrected chi connectivity index (χ0v) is 15.2. The van der Waals surface area contributed by atoms with Gasteiger partial charge < -0.3 is 9.47 Å². The van der Waals surface area contributed by atoms with E-state index in [1.807, 2.05) is 12.5 Å². The molecular formula is C14H22N4O4S2. The van der Waals surface area contributed by atoms with E-state index in [1.165, 1.54) is 12.1 Å². The Labute approximate surface area is 149 Å². The van der Waals surface area contributed by atoms with E-state index in [1.54, 1.807) is 23.5 Å². The van der Waals surface area contributed by atoms with E-state index in [9.17, 15) is 9.59 Å². The Morgan fingerprint density at radius 3 is 1.58 bits per heavy atom. The highest BCUT2D eigenvalue weighted by Gasteiger charge is 2.21. The molecule has 0 spiro atoms. The van der Waals surface area contributed by atoms with Gasteiger partial charge in [-0.25, -0.2) is 11.7 Å². The Hall–Kier alpha value is -1.62. The first-order valence-corrected chi connectivity index (χ1v) is 9.81. The van der Waals surface area contributed by atoms with Gasteiger partial charge in [-0.2, -0.15) is 23.5 Å². The molecule has 1 aromatic carbocycles. The second kappa shape index (κ2) is 11.0. The van der Waals surface area contributed by atoms with Crippen molar-refractivity contribution in [2.24, 2.45) is 11.7 Å². The fourth-order valence-electron chi connectivity index (χ4n) is 1.78. The summed E-state index contributed by atoms with van der Waals surface area (Å²) in [6.45, 7) is 0.755. The quantitative estimate of drug-likeness (QED) is 0.200. The van der Waals surface area contributed by atoms with Gasteiger partial charge in [0.1, 0.15) is 11.5 Å². The minimum atomic E-state index is -0.538. The van der Waals surface area contributed by atoms with Crippen LogP contribution in [0.3, 0.4) is 0 Å². The maximum Gasteiger partial charge on any atom is 0.269 e. The zero-order chi connectivity index (χ0) is 17.9. The second-order valence-corrected chi connectivity index (χ2v) is 6.45. The molecule has 1 aromatic rings. The first-order valence-electron chi connectivity index (χ1n) is 7.02. The van der Waals surface area contributed by atoms with Crippen LogP contribution in [0.4, 0.5) is 0 Å². The lowest BCUT2D eigenvalue weighted by atomic mass is 10.1. The molecule has 0 bridgehead atoms. The summed E-state index contributed by atoms with van der Waals surface area (Å²) in [5.41, 5.74) is 4.49. The van der Waals surface area contributed by atoms with Crippen LogP contribution >= 0.6 is 23.5 Å². The lowest BCUT2D eigenvalue weighted by Crippen LogP contribution is -2.32. The molecule has 6 N–H and O–H groups in total.